The molecule has 0 unspecified atom stereocenters. The van der Waals surface area contributed by atoms with Crippen LogP contribution in [0.15, 0.2) is 57.5 Å². The number of unbranched alkanes of at least 4 members (excludes halogenated alkanes) is 1. The van der Waals surface area contributed by atoms with Gasteiger partial charge in [-0.1, -0.05) is 36.8 Å². The number of methoxy groups -OCH3 is 2. The summed E-state index contributed by atoms with van der Waals surface area (Å²) in [6, 6.07) is 9.52. The lowest BCUT2D eigenvalue weighted by molar-refractivity contribution is -0.139. The van der Waals surface area contributed by atoms with E-state index in [0.717, 1.165) is 18.4 Å². The van der Waals surface area contributed by atoms with Crippen molar-refractivity contribution in [1.29, 1.82) is 0 Å². The van der Waals surface area contributed by atoms with Crippen LogP contribution >= 0.6 is 11.3 Å². The van der Waals surface area contributed by atoms with Crippen LogP contribution in [0.2, 0.25) is 0 Å². The smallest absolute Gasteiger partial charge is 0.338 e. The Morgan fingerprint density at radius 2 is 1.74 bits per heavy atom. The van der Waals surface area contributed by atoms with Crippen molar-refractivity contribution in [2.75, 3.05) is 27.4 Å². The molecule has 0 saturated heterocycles. The summed E-state index contributed by atoms with van der Waals surface area (Å²) >= 11 is 1.21. The molecule has 0 aliphatic carbocycles. The predicted molar refractivity (Wildman–Crippen MR) is 158 cm³/mol. The van der Waals surface area contributed by atoms with Crippen molar-refractivity contribution < 1.29 is 33.3 Å². The first-order chi connectivity index (χ1) is 20.2. The lowest BCUT2D eigenvalue weighted by Crippen LogP contribution is -2.40. The molecule has 10 nitrogen and oxygen atoms in total. The Hall–Kier alpha value is -4.38. The fourth-order valence-corrected chi connectivity index (χ4v) is 5.62. The molecule has 1 aliphatic heterocycles. The average Bonchev–Trinajstić information content (AvgIpc) is 3.26. The van der Waals surface area contributed by atoms with Crippen molar-refractivity contribution >= 4 is 29.4 Å². The van der Waals surface area contributed by atoms with Crippen molar-refractivity contribution in [3.05, 3.63) is 78.5 Å². The van der Waals surface area contributed by atoms with Gasteiger partial charge < -0.3 is 23.7 Å². The van der Waals surface area contributed by atoms with E-state index in [2.05, 4.69) is 11.9 Å². The summed E-state index contributed by atoms with van der Waals surface area (Å²) in [5.41, 5.74) is 1.63. The van der Waals surface area contributed by atoms with Gasteiger partial charge >= 0.3 is 11.9 Å². The van der Waals surface area contributed by atoms with Crippen molar-refractivity contribution in [3.8, 4) is 23.0 Å². The Labute approximate surface area is 247 Å². The highest BCUT2D eigenvalue weighted by Gasteiger charge is 2.34. The fourth-order valence-electron chi connectivity index (χ4n) is 4.57. The quantitative estimate of drug-likeness (QED) is 0.187. The standard InChI is InChI=1S/C31H34N2O8S/c1-7-9-14-40-22-12-10-20(15-24(22)37-5)16-26-29(35)33-28(21-11-13-23(41-19(4)34)25(17-21)38-6)27(30(36)39-8-2)18(3)32-31(33)42-26/h10-13,15-17,28H,7-9,14H2,1-6H3/b26-16+/t28-/m1/s1. The average molecular weight is 595 g/mol. The van der Waals surface area contributed by atoms with E-state index in [1.807, 2.05) is 18.2 Å². The van der Waals surface area contributed by atoms with Gasteiger partial charge in [-0.25, -0.2) is 9.79 Å². The van der Waals surface area contributed by atoms with Crippen LogP contribution in [-0.4, -0.2) is 43.9 Å². The highest BCUT2D eigenvalue weighted by atomic mass is 32.1. The summed E-state index contributed by atoms with van der Waals surface area (Å²) < 4.78 is 29.3. The molecule has 0 bridgehead atoms. The van der Waals surface area contributed by atoms with Gasteiger partial charge in [-0.05, 0) is 61.7 Å². The molecule has 0 saturated carbocycles. The van der Waals surface area contributed by atoms with Crippen molar-refractivity contribution in [2.45, 2.75) is 46.6 Å². The van der Waals surface area contributed by atoms with Crippen LogP contribution in [0.25, 0.3) is 6.08 Å². The van der Waals surface area contributed by atoms with Crippen LogP contribution in [0.1, 0.15) is 57.7 Å². The molecular formula is C31H34N2O8S. The van der Waals surface area contributed by atoms with Crippen LogP contribution in [0.5, 0.6) is 23.0 Å². The molecule has 3 aromatic rings. The summed E-state index contributed by atoms with van der Waals surface area (Å²) in [6.45, 7) is 7.54. The zero-order valence-corrected chi connectivity index (χ0v) is 25.3. The number of fused-ring (bicyclic) bond motifs is 1. The molecular weight excluding hydrogens is 560 g/mol. The largest absolute Gasteiger partial charge is 0.493 e. The van der Waals surface area contributed by atoms with E-state index >= 15 is 0 Å². The first-order valence-electron chi connectivity index (χ1n) is 13.6. The Balaban J connectivity index is 1.86. The fraction of sp³-hybridized carbons (Fsp3) is 0.355. The van der Waals surface area contributed by atoms with Gasteiger partial charge in [0.1, 0.15) is 0 Å². The first kappa shape index (κ1) is 30.6. The van der Waals surface area contributed by atoms with E-state index in [9.17, 15) is 14.4 Å². The summed E-state index contributed by atoms with van der Waals surface area (Å²) in [5, 5.41) is 0. The molecule has 1 atom stereocenters. The van der Waals surface area contributed by atoms with Gasteiger partial charge in [-0.15, -0.1) is 0 Å². The summed E-state index contributed by atoms with van der Waals surface area (Å²) in [7, 11) is 3.01. The number of hydrogen-bond donors (Lipinski definition) is 0. The number of benzene rings is 2. The Morgan fingerprint density at radius 1 is 1.02 bits per heavy atom. The predicted octanol–water partition coefficient (Wildman–Crippen LogP) is 3.92. The number of nitrogens with zero attached hydrogens (tertiary/aromatic N) is 2. The Bertz CT molecular complexity index is 1700. The summed E-state index contributed by atoms with van der Waals surface area (Å²) in [5.74, 6) is 0.599. The maximum absolute atomic E-state index is 13.9. The molecule has 0 spiro atoms. The zero-order chi connectivity index (χ0) is 30.4. The summed E-state index contributed by atoms with van der Waals surface area (Å²) in [4.78, 5) is 43.8. The van der Waals surface area contributed by atoms with Crippen LogP contribution < -0.4 is 33.8 Å². The SMILES string of the molecule is CCCCOc1ccc(/C=c2/sc3n(c2=O)[C@H](c2ccc(OC(C)=O)c(OC)c2)C(C(=O)OCC)=C(C)N=3)cc1OC. The second-order valence-corrected chi connectivity index (χ2v) is 10.4. The molecule has 0 amide bonds. The van der Waals surface area contributed by atoms with E-state index in [0.29, 0.717) is 38.7 Å². The molecule has 2 heterocycles. The van der Waals surface area contributed by atoms with Crippen LogP contribution in [-0.2, 0) is 14.3 Å². The van der Waals surface area contributed by atoms with Gasteiger partial charge in [0.2, 0.25) is 0 Å². The second-order valence-electron chi connectivity index (χ2n) is 9.42. The Kier molecular flexibility index (Phi) is 9.84. The van der Waals surface area contributed by atoms with Crippen molar-refractivity contribution in [1.82, 2.24) is 4.57 Å². The maximum Gasteiger partial charge on any atom is 0.338 e. The normalized spacial score (nSPS) is 14.6. The monoisotopic (exact) mass is 594 g/mol. The zero-order valence-electron chi connectivity index (χ0n) is 24.5. The number of ether oxygens (including phenoxy) is 5. The number of allylic oxidation sites excluding steroid dienone is 1. The van der Waals surface area contributed by atoms with Gasteiger partial charge in [-0.3, -0.25) is 14.2 Å². The molecule has 1 aliphatic rings. The van der Waals surface area contributed by atoms with Gasteiger partial charge in [0, 0.05) is 6.92 Å². The molecule has 222 valence electrons. The highest BCUT2D eigenvalue weighted by Crippen LogP contribution is 2.36. The first-order valence-corrected chi connectivity index (χ1v) is 14.4. The lowest BCUT2D eigenvalue weighted by atomic mass is 9.95. The molecule has 4 rings (SSSR count). The van der Waals surface area contributed by atoms with Gasteiger partial charge in [-0.2, -0.15) is 0 Å². The molecule has 1 aromatic heterocycles. The number of hydrogen-bond acceptors (Lipinski definition) is 10. The highest BCUT2D eigenvalue weighted by molar-refractivity contribution is 7.07. The van der Waals surface area contributed by atoms with Gasteiger partial charge in [0.05, 0.1) is 49.3 Å². The number of thiazole rings is 1. The molecule has 42 heavy (non-hydrogen) atoms. The molecule has 0 radical (unpaired) electrons. The second kappa shape index (κ2) is 13.5. The minimum Gasteiger partial charge on any atom is -0.493 e. The Morgan fingerprint density at radius 3 is 2.40 bits per heavy atom. The van der Waals surface area contributed by atoms with Crippen LogP contribution in [0.3, 0.4) is 0 Å². The van der Waals surface area contributed by atoms with Crippen molar-refractivity contribution in [2.24, 2.45) is 4.99 Å². The summed E-state index contributed by atoms with van der Waals surface area (Å²) in [6.07, 6.45) is 3.70. The number of carbonyl (C=O) groups is 2. The number of carbonyl (C=O) groups excluding carboxylic acids is 2. The van der Waals surface area contributed by atoms with E-state index in [1.54, 1.807) is 45.2 Å². The minimum atomic E-state index is -0.855. The minimum absolute atomic E-state index is 0.154. The van der Waals surface area contributed by atoms with E-state index in [-0.39, 0.29) is 29.2 Å². The maximum atomic E-state index is 13.9. The van der Waals surface area contributed by atoms with Crippen molar-refractivity contribution in [3.63, 3.8) is 0 Å². The van der Waals surface area contributed by atoms with Gasteiger partial charge in [0.25, 0.3) is 5.56 Å². The third kappa shape index (κ3) is 6.41. The number of rotatable bonds is 11. The van der Waals surface area contributed by atoms with E-state index < -0.39 is 18.0 Å². The number of aromatic nitrogens is 1. The molecule has 0 N–H and O–H groups in total. The third-order valence-corrected chi connectivity index (χ3v) is 7.50. The molecule has 0 fully saturated rings. The lowest BCUT2D eigenvalue weighted by Gasteiger charge is -2.25. The molecule has 11 heteroatoms. The third-order valence-electron chi connectivity index (χ3n) is 6.52. The number of esters is 2. The topological polar surface area (TPSA) is 115 Å². The molecule has 2 aromatic carbocycles. The van der Waals surface area contributed by atoms with Crippen LogP contribution in [0, 0.1) is 0 Å². The van der Waals surface area contributed by atoms with E-state index in [1.165, 1.54) is 29.9 Å². The van der Waals surface area contributed by atoms with E-state index in [4.69, 9.17) is 23.7 Å². The van der Waals surface area contributed by atoms with Gasteiger partial charge in [0.15, 0.2) is 27.8 Å². The van der Waals surface area contributed by atoms with Crippen LogP contribution in [0.4, 0.5) is 0 Å².